The van der Waals surface area contributed by atoms with Gasteiger partial charge in [-0.05, 0) is 35.0 Å². The smallest absolute Gasteiger partial charge is 0.308 e. The van der Waals surface area contributed by atoms with Gasteiger partial charge in [0, 0.05) is 13.8 Å². The van der Waals surface area contributed by atoms with Gasteiger partial charge in [-0.3, -0.25) is 14.4 Å². The fourth-order valence-electron chi connectivity index (χ4n) is 1.80. The maximum atomic E-state index is 11.0. The van der Waals surface area contributed by atoms with Crippen molar-refractivity contribution in [2.45, 2.75) is 13.8 Å². The van der Waals surface area contributed by atoms with Crippen molar-refractivity contribution in [3.05, 3.63) is 35.9 Å². The molecule has 2 aromatic carbocycles. The van der Waals surface area contributed by atoms with Crippen molar-refractivity contribution >= 4 is 29.0 Å². The van der Waals surface area contributed by atoms with Crippen LogP contribution in [0.25, 0.3) is 10.8 Å². The summed E-state index contributed by atoms with van der Waals surface area (Å²) >= 11 is 0. The van der Waals surface area contributed by atoms with Gasteiger partial charge < -0.3 is 9.47 Å². The average molecular weight is 271 g/mol. The summed E-state index contributed by atoms with van der Waals surface area (Å²) in [4.78, 5) is 32.8. The molecule has 2 rings (SSSR count). The van der Waals surface area contributed by atoms with Crippen LogP contribution in [0.1, 0.15) is 19.4 Å². The molecule has 1 radical (unpaired) electrons. The number of carbonyl (C=O) groups excluding carboxylic acids is 3. The number of rotatable bonds is 3. The summed E-state index contributed by atoms with van der Waals surface area (Å²) in [5, 5.41) is 1.43. The maximum Gasteiger partial charge on any atom is 0.308 e. The van der Waals surface area contributed by atoms with Crippen LogP contribution in [-0.4, -0.2) is 18.2 Å². The number of hydrogen-bond donors (Lipinski definition) is 0. The lowest BCUT2D eigenvalue weighted by Crippen LogP contribution is -2.04. The highest BCUT2D eigenvalue weighted by molar-refractivity contribution is 5.94. The molecule has 0 amide bonds. The van der Waals surface area contributed by atoms with Crippen LogP contribution in [0.4, 0.5) is 0 Å². The predicted molar refractivity (Wildman–Crippen MR) is 71.4 cm³/mol. The molecule has 0 fully saturated rings. The van der Waals surface area contributed by atoms with Crippen molar-refractivity contribution in [1.82, 2.24) is 0 Å². The normalized spacial score (nSPS) is 10.1. The molecule has 0 aliphatic heterocycles. The molecule has 0 bridgehead atoms. The van der Waals surface area contributed by atoms with Crippen molar-refractivity contribution < 1.29 is 23.9 Å². The van der Waals surface area contributed by atoms with Gasteiger partial charge in [-0.1, -0.05) is 6.07 Å². The standard InChI is InChI=1S/C15H11O5/c1-9(17)19-14-4-3-11-7-15(20-10(2)18)13(8-16)5-12(11)6-14/h3-7H,1-2H3. The summed E-state index contributed by atoms with van der Waals surface area (Å²) in [6.45, 7) is 2.56. The molecular weight excluding hydrogens is 260 g/mol. The topological polar surface area (TPSA) is 69.7 Å². The lowest BCUT2D eigenvalue weighted by Gasteiger charge is -2.08. The van der Waals surface area contributed by atoms with E-state index in [2.05, 4.69) is 0 Å². The van der Waals surface area contributed by atoms with Gasteiger partial charge in [-0.15, -0.1) is 0 Å². The third kappa shape index (κ3) is 3.00. The average Bonchev–Trinajstić information content (AvgIpc) is 2.36. The van der Waals surface area contributed by atoms with Gasteiger partial charge in [-0.2, -0.15) is 0 Å². The SMILES string of the molecule is CC(=O)Oc1ccc2cc(OC(C)=O)c([C]=O)cc2c1. The first-order chi connectivity index (χ1) is 9.49. The summed E-state index contributed by atoms with van der Waals surface area (Å²) in [6, 6.07) is 8.03. The Morgan fingerprint density at radius 1 is 0.950 bits per heavy atom. The van der Waals surface area contributed by atoms with E-state index in [4.69, 9.17) is 9.47 Å². The molecule has 0 saturated carbocycles. The second-order valence-corrected chi connectivity index (χ2v) is 4.15. The van der Waals surface area contributed by atoms with E-state index in [0.717, 1.165) is 5.39 Å². The van der Waals surface area contributed by atoms with Gasteiger partial charge >= 0.3 is 11.9 Å². The number of esters is 2. The van der Waals surface area contributed by atoms with Crippen LogP contribution >= 0.6 is 0 Å². The molecule has 5 heteroatoms. The molecule has 0 heterocycles. The van der Waals surface area contributed by atoms with Crippen LogP contribution in [0.3, 0.4) is 0 Å². The third-order valence-corrected chi connectivity index (χ3v) is 2.54. The summed E-state index contributed by atoms with van der Waals surface area (Å²) in [6.07, 6.45) is 1.72. The Kier molecular flexibility index (Phi) is 3.79. The molecule has 0 N–H and O–H groups in total. The monoisotopic (exact) mass is 271 g/mol. The lowest BCUT2D eigenvalue weighted by molar-refractivity contribution is -0.132. The van der Waals surface area contributed by atoms with E-state index in [1.165, 1.54) is 19.9 Å². The van der Waals surface area contributed by atoms with Crippen LogP contribution in [0.5, 0.6) is 11.5 Å². The Balaban J connectivity index is 2.52. The molecular formula is C15H11O5. The van der Waals surface area contributed by atoms with Crippen molar-refractivity contribution in [2.24, 2.45) is 0 Å². The van der Waals surface area contributed by atoms with E-state index in [0.29, 0.717) is 11.1 Å². The van der Waals surface area contributed by atoms with E-state index < -0.39 is 11.9 Å². The van der Waals surface area contributed by atoms with Gasteiger partial charge in [0.25, 0.3) is 0 Å². The first-order valence-corrected chi connectivity index (χ1v) is 5.82. The maximum absolute atomic E-state index is 11.0. The first-order valence-electron chi connectivity index (χ1n) is 5.82. The van der Waals surface area contributed by atoms with Gasteiger partial charge in [0.2, 0.25) is 6.29 Å². The van der Waals surface area contributed by atoms with E-state index in [-0.39, 0.29) is 11.3 Å². The molecule has 0 aliphatic carbocycles. The Morgan fingerprint density at radius 3 is 2.25 bits per heavy atom. The molecule has 0 atom stereocenters. The highest BCUT2D eigenvalue weighted by atomic mass is 16.5. The molecule has 0 spiro atoms. The highest BCUT2D eigenvalue weighted by Gasteiger charge is 2.10. The van der Waals surface area contributed by atoms with Crippen LogP contribution in [-0.2, 0) is 14.4 Å². The zero-order valence-corrected chi connectivity index (χ0v) is 10.9. The van der Waals surface area contributed by atoms with Crippen molar-refractivity contribution in [3.63, 3.8) is 0 Å². The Bertz CT molecular complexity index is 703. The zero-order chi connectivity index (χ0) is 14.7. The quantitative estimate of drug-likeness (QED) is 0.632. The van der Waals surface area contributed by atoms with Crippen LogP contribution in [0, 0.1) is 0 Å². The van der Waals surface area contributed by atoms with Gasteiger partial charge in [0.1, 0.15) is 11.5 Å². The van der Waals surface area contributed by atoms with E-state index in [9.17, 15) is 14.4 Å². The number of fused-ring (bicyclic) bond motifs is 1. The van der Waals surface area contributed by atoms with Crippen molar-refractivity contribution in [2.75, 3.05) is 0 Å². The van der Waals surface area contributed by atoms with Gasteiger partial charge in [0.05, 0.1) is 5.56 Å². The molecule has 0 unspecified atom stereocenters. The summed E-state index contributed by atoms with van der Waals surface area (Å²) in [5.74, 6) is -0.414. The summed E-state index contributed by atoms with van der Waals surface area (Å²) in [5.41, 5.74) is 0.132. The minimum atomic E-state index is -0.516. The van der Waals surface area contributed by atoms with Gasteiger partial charge in [-0.25, -0.2) is 0 Å². The Morgan fingerprint density at radius 2 is 1.65 bits per heavy atom. The number of ether oxygens (including phenoxy) is 2. The largest absolute Gasteiger partial charge is 0.427 e. The van der Waals surface area contributed by atoms with E-state index in [1.807, 2.05) is 0 Å². The number of hydrogen-bond acceptors (Lipinski definition) is 5. The van der Waals surface area contributed by atoms with Crippen LogP contribution in [0.2, 0.25) is 0 Å². The zero-order valence-electron chi connectivity index (χ0n) is 10.9. The molecule has 101 valence electrons. The highest BCUT2D eigenvalue weighted by Crippen LogP contribution is 2.28. The summed E-state index contributed by atoms with van der Waals surface area (Å²) in [7, 11) is 0. The molecule has 0 saturated heterocycles. The third-order valence-electron chi connectivity index (χ3n) is 2.54. The second-order valence-electron chi connectivity index (χ2n) is 4.15. The van der Waals surface area contributed by atoms with Crippen LogP contribution in [0.15, 0.2) is 30.3 Å². The fourth-order valence-corrected chi connectivity index (χ4v) is 1.80. The minimum Gasteiger partial charge on any atom is -0.427 e. The summed E-state index contributed by atoms with van der Waals surface area (Å²) < 4.78 is 9.92. The Hall–Kier alpha value is -2.69. The van der Waals surface area contributed by atoms with Crippen molar-refractivity contribution in [3.8, 4) is 11.5 Å². The second kappa shape index (κ2) is 5.52. The van der Waals surface area contributed by atoms with Crippen LogP contribution < -0.4 is 9.47 Å². The predicted octanol–water partition coefficient (Wildman–Crippen LogP) is 2.15. The molecule has 5 nitrogen and oxygen atoms in total. The minimum absolute atomic E-state index is 0.132. The fraction of sp³-hybridized carbons (Fsp3) is 0.133. The molecule has 0 aliphatic rings. The molecule has 20 heavy (non-hydrogen) atoms. The van der Waals surface area contributed by atoms with Crippen molar-refractivity contribution in [1.29, 1.82) is 0 Å². The first kappa shape index (κ1) is 13.7. The number of carbonyl (C=O) groups is 2. The number of benzene rings is 2. The van der Waals surface area contributed by atoms with E-state index in [1.54, 1.807) is 30.6 Å². The van der Waals surface area contributed by atoms with E-state index >= 15 is 0 Å². The molecule has 2 aromatic rings. The van der Waals surface area contributed by atoms with Gasteiger partial charge in [0.15, 0.2) is 0 Å². The lowest BCUT2D eigenvalue weighted by atomic mass is 10.1. The Labute approximate surface area is 115 Å². The molecule has 0 aromatic heterocycles.